The molecule has 2 atom stereocenters. The van der Waals surface area contributed by atoms with Gasteiger partial charge >= 0.3 is 0 Å². The number of hydrogen-bond acceptors (Lipinski definition) is 8. The highest BCUT2D eigenvalue weighted by Gasteiger charge is 2.48. The first-order chi connectivity index (χ1) is 15.7. The minimum absolute atomic E-state index is 0.0328. The predicted octanol–water partition coefficient (Wildman–Crippen LogP) is 1.23. The third kappa shape index (κ3) is 3.45. The summed E-state index contributed by atoms with van der Waals surface area (Å²) in [6, 6.07) is 4.01. The minimum Gasteiger partial charge on any atom is -0.376 e. The van der Waals surface area contributed by atoms with E-state index in [4.69, 9.17) is 20.4 Å². The van der Waals surface area contributed by atoms with Crippen molar-refractivity contribution in [3.63, 3.8) is 0 Å². The fraction of sp³-hybridized carbons (Fsp3) is 0.583. The molecule has 0 aliphatic carbocycles. The summed E-state index contributed by atoms with van der Waals surface area (Å²) in [5.41, 5.74) is 10.2. The molecule has 2 N–H and O–H groups in total. The molecule has 2 aromatic rings. The molecule has 3 aliphatic rings. The van der Waals surface area contributed by atoms with E-state index < -0.39 is 0 Å². The van der Waals surface area contributed by atoms with Crippen LogP contribution in [0.1, 0.15) is 42.3 Å². The van der Waals surface area contributed by atoms with Crippen LogP contribution in [0, 0.1) is 12.3 Å². The normalized spacial score (nSPS) is 23.7. The topological polar surface area (TPSA) is 102 Å². The Morgan fingerprint density at radius 3 is 2.55 bits per heavy atom. The van der Waals surface area contributed by atoms with Gasteiger partial charge in [-0.2, -0.15) is 0 Å². The van der Waals surface area contributed by atoms with E-state index in [1.54, 1.807) is 11.6 Å². The van der Waals surface area contributed by atoms with Crippen molar-refractivity contribution in [1.82, 2.24) is 14.5 Å². The van der Waals surface area contributed by atoms with Gasteiger partial charge in [-0.15, -0.1) is 0 Å². The van der Waals surface area contributed by atoms with Crippen molar-refractivity contribution in [3.05, 3.63) is 45.0 Å². The molecule has 9 heteroatoms. The van der Waals surface area contributed by atoms with Crippen LogP contribution in [0.2, 0.25) is 0 Å². The van der Waals surface area contributed by atoms with Gasteiger partial charge in [0.25, 0.3) is 5.56 Å². The van der Waals surface area contributed by atoms with E-state index >= 15 is 0 Å². The molecule has 0 amide bonds. The molecule has 9 nitrogen and oxygen atoms in total. The molecule has 0 aromatic carbocycles. The van der Waals surface area contributed by atoms with Crippen molar-refractivity contribution in [2.45, 2.75) is 45.4 Å². The predicted molar refractivity (Wildman–Crippen MR) is 129 cm³/mol. The molecule has 5 heterocycles. The fourth-order valence-corrected chi connectivity index (χ4v) is 5.39. The van der Waals surface area contributed by atoms with E-state index in [0.29, 0.717) is 23.8 Å². The first-order valence-corrected chi connectivity index (χ1v) is 11.6. The average Bonchev–Trinajstić information content (AvgIpc) is 3.34. The van der Waals surface area contributed by atoms with Gasteiger partial charge in [0.2, 0.25) is 5.95 Å². The largest absolute Gasteiger partial charge is 0.376 e. The smallest absolute Gasteiger partial charge is 0.264 e. The van der Waals surface area contributed by atoms with Gasteiger partial charge in [0.1, 0.15) is 5.82 Å². The van der Waals surface area contributed by atoms with Gasteiger partial charge in [-0.3, -0.25) is 14.4 Å². The molecule has 33 heavy (non-hydrogen) atoms. The van der Waals surface area contributed by atoms with Crippen LogP contribution in [-0.4, -0.2) is 66.2 Å². The quantitative estimate of drug-likeness (QED) is 0.749. The molecule has 0 radical (unpaired) electrons. The first kappa shape index (κ1) is 22.0. The number of ether oxygens (including phenoxy) is 1. The monoisotopic (exact) mass is 451 g/mol. The lowest BCUT2D eigenvalue weighted by Crippen LogP contribution is -2.51. The van der Waals surface area contributed by atoms with Crippen molar-refractivity contribution >= 4 is 17.5 Å². The van der Waals surface area contributed by atoms with E-state index in [1.807, 2.05) is 38.1 Å². The van der Waals surface area contributed by atoms with Gasteiger partial charge in [0.15, 0.2) is 0 Å². The van der Waals surface area contributed by atoms with Crippen molar-refractivity contribution in [1.29, 1.82) is 0 Å². The molecular weight excluding hydrogens is 418 g/mol. The van der Waals surface area contributed by atoms with Gasteiger partial charge in [0, 0.05) is 56.9 Å². The maximum atomic E-state index is 13.5. The summed E-state index contributed by atoms with van der Waals surface area (Å²) < 4.78 is 7.52. The Hall–Kier alpha value is -2.78. The van der Waals surface area contributed by atoms with E-state index in [2.05, 4.69) is 16.8 Å². The average molecular weight is 452 g/mol. The summed E-state index contributed by atoms with van der Waals surface area (Å²) in [6.45, 7) is 6.77. The molecule has 2 saturated heterocycles. The highest BCUT2D eigenvalue weighted by atomic mass is 16.5. The summed E-state index contributed by atoms with van der Waals surface area (Å²) in [6.07, 6.45) is 1.98. The van der Waals surface area contributed by atoms with Crippen LogP contribution in [0.4, 0.5) is 11.8 Å². The number of piperidine rings is 1. The Bertz CT molecular complexity index is 1180. The van der Waals surface area contributed by atoms with E-state index in [9.17, 15) is 4.79 Å². The highest BCUT2D eigenvalue weighted by Crippen LogP contribution is 2.41. The lowest BCUT2D eigenvalue weighted by atomic mass is 9.73. The number of aromatic nitrogens is 3. The second kappa shape index (κ2) is 7.92. The lowest BCUT2D eigenvalue weighted by molar-refractivity contribution is 0.0973. The van der Waals surface area contributed by atoms with E-state index in [0.717, 1.165) is 55.3 Å². The summed E-state index contributed by atoms with van der Waals surface area (Å²) in [4.78, 5) is 32.0. The molecule has 3 aliphatic heterocycles. The number of fused-ring (bicyclic) bond motifs is 1. The highest BCUT2D eigenvalue weighted by molar-refractivity contribution is 6.15. The summed E-state index contributed by atoms with van der Waals surface area (Å²) in [5.74, 6) is 1.59. The van der Waals surface area contributed by atoms with Gasteiger partial charge in [-0.05, 0) is 38.8 Å². The Kier molecular flexibility index (Phi) is 5.29. The number of nitrogens with zero attached hydrogens (tertiary/aromatic N) is 6. The molecule has 1 spiro atoms. The van der Waals surface area contributed by atoms with Crippen LogP contribution in [-0.2, 0) is 18.3 Å². The zero-order valence-electron chi connectivity index (χ0n) is 20.1. The maximum absolute atomic E-state index is 13.5. The van der Waals surface area contributed by atoms with Crippen LogP contribution in [0.3, 0.4) is 0 Å². The van der Waals surface area contributed by atoms with Crippen molar-refractivity contribution in [2.24, 2.45) is 23.2 Å². The summed E-state index contributed by atoms with van der Waals surface area (Å²) in [7, 11) is 5.72. The standard InChI is InChI=1S/C24H33N7O2/c1-14-16(6-7-18(27-14)29(3)4)20-19-17(12-26-20)28-23(30(5)22(19)32)31-10-8-24(9-11-31)13-33-15(2)21(24)25/h6-7,15,21H,8-13,25H2,1-5H3/t15-,21+/m0/s1. The molecule has 2 aromatic heterocycles. The molecule has 0 saturated carbocycles. The Morgan fingerprint density at radius 1 is 1.21 bits per heavy atom. The minimum atomic E-state index is -0.0582. The third-order valence-corrected chi connectivity index (χ3v) is 7.64. The zero-order valence-corrected chi connectivity index (χ0v) is 20.1. The second-order valence-corrected chi connectivity index (χ2v) is 9.85. The van der Waals surface area contributed by atoms with E-state index in [-0.39, 0.29) is 23.1 Å². The van der Waals surface area contributed by atoms with Gasteiger partial charge in [-0.1, -0.05) is 0 Å². The maximum Gasteiger partial charge on any atom is 0.264 e. The van der Waals surface area contributed by atoms with Crippen LogP contribution >= 0.6 is 0 Å². The molecule has 5 rings (SSSR count). The number of nitrogens with two attached hydrogens (primary N) is 1. The van der Waals surface area contributed by atoms with Crippen molar-refractivity contribution in [3.8, 4) is 0 Å². The molecule has 176 valence electrons. The number of aryl methyl sites for hydroxylation is 1. The van der Waals surface area contributed by atoms with Gasteiger partial charge in [0.05, 0.1) is 36.2 Å². The Labute approximate surface area is 194 Å². The Balaban J connectivity index is 1.43. The number of pyridine rings is 1. The fourth-order valence-electron chi connectivity index (χ4n) is 5.39. The SMILES string of the molecule is Cc1nc(N(C)C)ccc1C1=NCc2nc(N3CCC4(CC3)CO[C@@H](C)[C@H]4N)n(C)c(=O)c21. The van der Waals surface area contributed by atoms with Crippen LogP contribution in [0.15, 0.2) is 21.9 Å². The number of aliphatic imine (C=N–C) groups is 1. The van der Waals surface area contributed by atoms with Gasteiger partial charge < -0.3 is 20.3 Å². The molecule has 2 fully saturated rings. The lowest BCUT2D eigenvalue weighted by Gasteiger charge is -2.41. The summed E-state index contributed by atoms with van der Waals surface area (Å²) >= 11 is 0. The Morgan fingerprint density at radius 2 is 1.94 bits per heavy atom. The summed E-state index contributed by atoms with van der Waals surface area (Å²) in [5, 5.41) is 0. The number of rotatable bonds is 3. The number of anilines is 2. The third-order valence-electron chi connectivity index (χ3n) is 7.64. The second-order valence-electron chi connectivity index (χ2n) is 9.85. The molecule has 0 bridgehead atoms. The molecular formula is C24H33N7O2. The van der Waals surface area contributed by atoms with Crippen LogP contribution in [0.25, 0.3) is 0 Å². The van der Waals surface area contributed by atoms with Crippen molar-refractivity contribution in [2.75, 3.05) is 43.6 Å². The van der Waals surface area contributed by atoms with E-state index in [1.165, 1.54) is 0 Å². The zero-order chi connectivity index (χ0) is 23.5. The van der Waals surface area contributed by atoms with Crippen molar-refractivity contribution < 1.29 is 4.74 Å². The van der Waals surface area contributed by atoms with Crippen LogP contribution < -0.4 is 21.1 Å². The molecule has 0 unspecified atom stereocenters. The van der Waals surface area contributed by atoms with Crippen LogP contribution in [0.5, 0.6) is 0 Å². The van der Waals surface area contributed by atoms with Gasteiger partial charge in [-0.25, -0.2) is 9.97 Å². The first-order valence-electron chi connectivity index (χ1n) is 11.6. The number of hydrogen-bond donors (Lipinski definition) is 1.